The zero-order valence-corrected chi connectivity index (χ0v) is 17.9. The van der Waals surface area contributed by atoms with Crippen LogP contribution in [0.25, 0.3) is 5.69 Å². The maximum atomic E-state index is 13.6. The Morgan fingerprint density at radius 1 is 0.938 bits per heavy atom. The van der Waals surface area contributed by atoms with Gasteiger partial charge in [0.15, 0.2) is 0 Å². The number of carbonyl (C=O) groups is 1. The van der Waals surface area contributed by atoms with Crippen LogP contribution in [0.5, 0.6) is 5.75 Å². The van der Waals surface area contributed by atoms with Crippen molar-refractivity contribution in [2.24, 2.45) is 0 Å². The van der Waals surface area contributed by atoms with Gasteiger partial charge in [0.25, 0.3) is 0 Å². The van der Waals surface area contributed by atoms with Crippen LogP contribution in [0.3, 0.4) is 0 Å². The molecule has 2 amide bonds. The molecule has 1 aliphatic heterocycles. The number of anilines is 1. The number of aromatic nitrogens is 1. The molecule has 1 aromatic heterocycles. The van der Waals surface area contributed by atoms with E-state index in [9.17, 15) is 4.79 Å². The van der Waals surface area contributed by atoms with Gasteiger partial charge in [-0.1, -0.05) is 48.5 Å². The minimum atomic E-state index is -0.253. The maximum absolute atomic E-state index is 13.6. The maximum Gasteiger partial charge on any atom is 0.322 e. The summed E-state index contributed by atoms with van der Waals surface area (Å²) in [5.41, 5.74) is 5.04. The predicted octanol–water partition coefficient (Wildman–Crippen LogP) is 6.01. The molecule has 0 unspecified atom stereocenters. The highest BCUT2D eigenvalue weighted by Gasteiger charge is 2.33. The number of fused-ring (bicyclic) bond motifs is 3. The fourth-order valence-electron chi connectivity index (χ4n) is 4.32. The van der Waals surface area contributed by atoms with Crippen LogP contribution in [0.2, 0.25) is 0 Å². The Morgan fingerprint density at radius 2 is 1.69 bits per heavy atom. The molecule has 0 bridgehead atoms. The van der Waals surface area contributed by atoms with Crippen LogP contribution in [-0.4, -0.2) is 22.1 Å². The second kappa shape index (κ2) is 8.63. The summed E-state index contributed by atoms with van der Waals surface area (Å²) in [5, 5.41) is 3.08. The Morgan fingerprint density at radius 3 is 2.47 bits per heavy atom. The first-order valence-electron chi connectivity index (χ1n) is 10.9. The van der Waals surface area contributed by atoms with Crippen molar-refractivity contribution in [2.45, 2.75) is 19.5 Å². The van der Waals surface area contributed by atoms with E-state index in [0.717, 1.165) is 33.9 Å². The first-order valence-corrected chi connectivity index (χ1v) is 10.9. The van der Waals surface area contributed by atoms with Crippen molar-refractivity contribution < 1.29 is 9.53 Å². The second-order valence-corrected chi connectivity index (χ2v) is 7.76. The van der Waals surface area contributed by atoms with E-state index < -0.39 is 0 Å². The van der Waals surface area contributed by atoms with Crippen molar-refractivity contribution in [3.8, 4) is 11.4 Å². The highest BCUT2D eigenvalue weighted by molar-refractivity contribution is 5.90. The summed E-state index contributed by atoms with van der Waals surface area (Å²) in [7, 11) is 0. The van der Waals surface area contributed by atoms with E-state index in [1.807, 2.05) is 84.6 Å². The lowest BCUT2D eigenvalue weighted by molar-refractivity contribution is 0.194. The summed E-state index contributed by atoms with van der Waals surface area (Å²) in [5.74, 6) is 0.823. The number of hydrogen-bond acceptors (Lipinski definition) is 2. The third-order valence-corrected chi connectivity index (χ3v) is 5.76. The number of rotatable bonds is 4. The Hall–Kier alpha value is -3.99. The standard InChI is InChI=1S/C27H25N3O2/c1-2-32-23-16-14-20(15-17-23)26-25-13-8-18-29(25)24-12-7-6-9-21(24)19-30(26)27(31)28-22-10-4-3-5-11-22/h3-18,26H,2,19H2,1H3,(H,28,31)/t26-/m0/s1. The summed E-state index contributed by atoms with van der Waals surface area (Å²) in [6, 6.07) is 29.6. The molecule has 5 nitrogen and oxygen atoms in total. The van der Waals surface area contributed by atoms with Crippen molar-refractivity contribution >= 4 is 11.7 Å². The lowest BCUT2D eigenvalue weighted by Crippen LogP contribution is -2.37. The number of benzene rings is 3. The zero-order valence-electron chi connectivity index (χ0n) is 17.9. The Labute approximate surface area is 187 Å². The largest absolute Gasteiger partial charge is 0.494 e. The molecule has 4 aromatic rings. The molecule has 0 saturated heterocycles. The summed E-state index contributed by atoms with van der Waals surface area (Å²) in [6.07, 6.45) is 2.06. The number of urea groups is 1. The SMILES string of the molecule is CCOc1ccc([C@H]2c3cccn3-c3ccccc3CN2C(=O)Nc2ccccc2)cc1. The number of carbonyl (C=O) groups excluding carboxylic acids is 1. The highest BCUT2D eigenvalue weighted by Crippen LogP contribution is 2.37. The van der Waals surface area contributed by atoms with Crippen molar-refractivity contribution in [2.75, 3.05) is 11.9 Å². The van der Waals surface area contributed by atoms with Crippen molar-refractivity contribution in [3.05, 3.63) is 114 Å². The van der Waals surface area contributed by atoms with Crippen LogP contribution < -0.4 is 10.1 Å². The number of amides is 2. The van der Waals surface area contributed by atoms with Crippen LogP contribution >= 0.6 is 0 Å². The third kappa shape index (κ3) is 3.73. The van der Waals surface area contributed by atoms with E-state index in [1.165, 1.54) is 0 Å². The molecule has 2 heterocycles. The van der Waals surface area contributed by atoms with Crippen molar-refractivity contribution in [1.29, 1.82) is 0 Å². The topological polar surface area (TPSA) is 46.5 Å². The lowest BCUT2D eigenvalue weighted by atomic mass is 10.0. The molecule has 0 radical (unpaired) electrons. The molecule has 5 heteroatoms. The van der Waals surface area contributed by atoms with E-state index >= 15 is 0 Å². The Kier molecular flexibility index (Phi) is 5.38. The van der Waals surface area contributed by atoms with Crippen LogP contribution in [0, 0.1) is 0 Å². The molecule has 0 fully saturated rings. The lowest BCUT2D eigenvalue weighted by Gasteiger charge is -2.31. The normalized spacial score (nSPS) is 14.8. The van der Waals surface area contributed by atoms with Crippen LogP contribution in [-0.2, 0) is 6.54 Å². The minimum absolute atomic E-state index is 0.139. The van der Waals surface area contributed by atoms with E-state index in [-0.39, 0.29) is 12.1 Å². The van der Waals surface area contributed by atoms with Crippen molar-refractivity contribution in [1.82, 2.24) is 9.47 Å². The molecule has 1 aliphatic rings. The highest BCUT2D eigenvalue weighted by atomic mass is 16.5. The molecule has 160 valence electrons. The molecule has 0 spiro atoms. The van der Waals surface area contributed by atoms with E-state index in [0.29, 0.717) is 13.2 Å². The van der Waals surface area contributed by atoms with Gasteiger partial charge in [-0.3, -0.25) is 0 Å². The number of nitrogens with zero attached hydrogens (tertiary/aromatic N) is 2. The second-order valence-electron chi connectivity index (χ2n) is 7.76. The monoisotopic (exact) mass is 423 g/mol. The molecule has 1 N–H and O–H groups in total. The van der Waals surface area contributed by atoms with Gasteiger partial charge in [0, 0.05) is 17.6 Å². The van der Waals surface area contributed by atoms with Crippen molar-refractivity contribution in [3.63, 3.8) is 0 Å². The van der Waals surface area contributed by atoms with Crippen LogP contribution in [0.1, 0.15) is 29.8 Å². The minimum Gasteiger partial charge on any atom is -0.494 e. The Balaban J connectivity index is 1.60. The average Bonchev–Trinajstić information content (AvgIpc) is 3.25. The molecule has 0 aliphatic carbocycles. The molecular formula is C27H25N3O2. The van der Waals surface area contributed by atoms with Gasteiger partial charge >= 0.3 is 6.03 Å². The van der Waals surface area contributed by atoms with Crippen LogP contribution in [0.15, 0.2) is 97.2 Å². The molecule has 1 atom stereocenters. The quantitative estimate of drug-likeness (QED) is 0.437. The van der Waals surface area contributed by atoms with Gasteiger partial charge in [-0.15, -0.1) is 0 Å². The van der Waals surface area contributed by atoms with Gasteiger partial charge < -0.3 is 19.5 Å². The summed E-state index contributed by atoms with van der Waals surface area (Å²) in [4.78, 5) is 15.5. The van der Waals surface area contributed by atoms with Crippen LogP contribution in [0.4, 0.5) is 10.5 Å². The van der Waals surface area contributed by atoms with Gasteiger partial charge in [-0.25, -0.2) is 4.79 Å². The van der Waals surface area contributed by atoms with Gasteiger partial charge in [-0.2, -0.15) is 0 Å². The smallest absolute Gasteiger partial charge is 0.322 e. The molecule has 5 rings (SSSR count). The fourth-order valence-corrected chi connectivity index (χ4v) is 4.32. The van der Waals surface area contributed by atoms with Gasteiger partial charge in [0.05, 0.1) is 24.9 Å². The third-order valence-electron chi connectivity index (χ3n) is 5.76. The summed E-state index contributed by atoms with van der Waals surface area (Å²) < 4.78 is 7.82. The first kappa shape index (κ1) is 19.9. The summed E-state index contributed by atoms with van der Waals surface area (Å²) >= 11 is 0. The van der Waals surface area contributed by atoms with Gasteiger partial charge in [0.2, 0.25) is 0 Å². The number of hydrogen-bond donors (Lipinski definition) is 1. The van der Waals surface area contributed by atoms with E-state index in [4.69, 9.17) is 4.74 Å². The predicted molar refractivity (Wildman–Crippen MR) is 126 cm³/mol. The molecule has 3 aromatic carbocycles. The summed E-state index contributed by atoms with van der Waals surface area (Å²) in [6.45, 7) is 3.08. The average molecular weight is 424 g/mol. The molecular weight excluding hydrogens is 398 g/mol. The van der Waals surface area contributed by atoms with Gasteiger partial charge in [0.1, 0.15) is 5.75 Å². The number of para-hydroxylation sites is 2. The van der Waals surface area contributed by atoms with E-state index in [1.54, 1.807) is 0 Å². The number of nitrogens with one attached hydrogen (secondary N) is 1. The van der Waals surface area contributed by atoms with Gasteiger partial charge in [-0.05, 0) is 60.5 Å². The Bertz CT molecular complexity index is 1220. The first-order chi connectivity index (χ1) is 15.7. The molecule has 0 saturated carbocycles. The fraction of sp³-hybridized carbons (Fsp3) is 0.148. The molecule has 32 heavy (non-hydrogen) atoms. The number of ether oxygens (including phenoxy) is 1. The van der Waals surface area contributed by atoms with E-state index in [2.05, 4.69) is 34.3 Å². The zero-order chi connectivity index (χ0) is 21.9.